The number of hydrogen-bond donors (Lipinski definition) is 0. The van der Waals surface area contributed by atoms with Crippen molar-refractivity contribution in [1.29, 1.82) is 0 Å². The second-order valence-corrected chi connectivity index (χ2v) is 17.4. The maximum atomic E-state index is 5.30. The molecule has 0 amide bonds. The molecule has 0 fully saturated rings. The molecule has 1 aliphatic carbocycles. The first-order valence-electron chi connectivity index (χ1n) is 23.6. The van der Waals surface area contributed by atoms with Crippen molar-refractivity contribution in [3.63, 3.8) is 0 Å². The monoisotopic (exact) mass is 896 g/mol. The molecule has 6 nitrogen and oxygen atoms in total. The lowest BCUT2D eigenvalue weighted by atomic mass is 9.96. The Hall–Kier alpha value is -9.26. The second kappa shape index (κ2) is 18.8. The lowest BCUT2D eigenvalue weighted by molar-refractivity contribution is 1.04. The number of hydrogen-bond acceptors (Lipinski definition) is 6. The molecule has 0 N–H and O–H groups in total. The van der Waals surface area contributed by atoms with E-state index in [0.717, 1.165) is 96.5 Å². The van der Waals surface area contributed by atoms with Gasteiger partial charge in [0.2, 0.25) is 0 Å². The predicted octanol–water partition coefficient (Wildman–Crippen LogP) is 15.9. The summed E-state index contributed by atoms with van der Waals surface area (Å²) < 4.78 is 0. The van der Waals surface area contributed by atoms with Crippen molar-refractivity contribution in [2.45, 2.75) is 12.8 Å². The molecular weight excluding hydrogens is 853 g/mol. The molecule has 330 valence electrons. The predicted molar refractivity (Wildman–Crippen MR) is 286 cm³/mol. The summed E-state index contributed by atoms with van der Waals surface area (Å²) in [7, 11) is 0. The lowest BCUT2D eigenvalue weighted by Crippen LogP contribution is -1.98. The molecule has 1 aliphatic rings. The molecule has 0 radical (unpaired) electrons. The SMILES string of the molecule is C1=CC(c2ccc(-c3ccc(-c4cc(-c5ccncc5)nc(-c5cccc6c(-c7nc(-c8ccncc8)cc(-c8ccc(-c9ccc(-c%10ccccc%10)cc9)cc8)n7)cccc56)n4)cc3)cc2)=CCC1. The van der Waals surface area contributed by atoms with E-state index in [1.165, 1.54) is 27.8 Å². The summed E-state index contributed by atoms with van der Waals surface area (Å²) in [6, 6.07) is 70.0. The van der Waals surface area contributed by atoms with Crippen LogP contribution in [0.4, 0.5) is 0 Å². The standard InChI is InChI=1S/C64H44N6/c1-3-9-43(10-4-1)45-17-21-47(22-18-45)49-25-29-51(30-26-49)59-41-61(53-33-37-65-38-34-53)69-63(67-59)57-15-7-14-56-55(57)13-8-16-58(56)64-68-60(42-62(70-64)54-35-39-66-40-36-54)52-31-27-50(28-32-52)48-23-19-46(20-24-48)44-11-5-2-6-12-44/h1,3-5,7-42H,2,6H2. The maximum Gasteiger partial charge on any atom is 0.161 e. The van der Waals surface area contributed by atoms with Gasteiger partial charge < -0.3 is 0 Å². The Kier molecular flexibility index (Phi) is 11.3. The summed E-state index contributed by atoms with van der Waals surface area (Å²) in [4.78, 5) is 29.6. The van der Waals surface area contributed by atoms with Crippen molar-refractivity contribution >= 4 is 16.3 Å². The number of nitrogens with zero attached hydrogens (tertiary/aromatic N) is 6. The highest BCUT2D eigenvalue weighted by molar-refractivity contribution is 6.03. The van der Waals surface area contributed by atoms with E-state index < -0.39 is 0 Å². The third-order valence-corrected chi connectivity index (χ3v) is 13.0. The van der Waals surface area contributed by atoms with E-state index in [2.05, 4.69) is 198 Å². The number of rotatable bonds is 10. The van der Waals surface area contributed by atoms with Crippen LogP contribution in [-0.2, 0) is 0 Å². The lowest BCUT2D eigenvalue weighted by Gasteiger charge is -2.14. The van der Waals surface area contributed by atoms with Gasteiger partial charge in [0.05, 0.1) is 22.8 Å². The molecule has 0 aliphatic heterocycles. The van der Waals surface area contributed by atoms with E-state index in [1.54, 1.807) is 24.8 Å². The van der Waals surface area contributed by atoms with E-state index in [9.17, 15) is 0 Å². The van der Waals surface area contributed by atoms with Crippen molar-refractivity contribution in [2.75, 3.05) is 0 Å². The molecule has 70 heavy (non-hydrogen) atoms. The molecule has 0 bridgehead atoms. The van der Waals surface area contributed by atoms with Gasteiger partial charge in [0.1, 0.15) is 0 Å². The molecule has 0 saturated heterocycles. The highest BCUT2D eigenvalue weighted by Crippen LogP contribution is 2.37. The van der Waals surface area contributed by atoms with Gasteiger partial charge in [-0.1, -0.05) is 182 Å². The van der Waals surface area contributed by atoms with Crippen LogP contribution in [0.25, 0.3) is 118 Å². The minimum atomic E-state index is 0.623. The fourth-order valence-corrected chi connectivity index (χ4v) is 9.31. The van der Waals surface area contributed by atoms with Gasteiger partial charge in [0, 0.05) is 58.2 Å². The zero-order chi connectivity index (χ0) is 46.6. The molecule has 12 rings (SSSR count). The van der Waals surface area contributed by atoms with Gasteiger partial charge in [-0.15, -0.1) is 0 Å². The van der Waals surface area contributed by atoms with E-state index >= 15 is 0 Å². The second-order valence-electron chi connectivity index (χ2n) is 17.4. The van der Waals surface area contributed by atoms with E-state index in [-0.39, 0.29) is 0 Å². The Morgan fingerprint density at radius 2 is 0.643 bits per heavy atom. The zero-order valence-electron chi connectivity index (χ0n) is 38.2. The van der Waals surface area contributed by atoms with Gasteiger partial charge in [0.15, 0.2) is 11.6 Å². The Morgan fingerprint density at radius 1 is 0.286 bits per heavy atom. The molecule has 11 aromatic rings. The van der Waals surface area contributed by atoms with Gasteiger partial charge in [-0.2, -0.15) is 0 Å². The molecule has 4 heterocycles. The number of allylic oxidation sites excluding steroid dienone is 4. The van der Waals surface area contributed by atoms with Gasteiger partial charge in [-0.3, -0.25) is 9.97 Å². The van der Waals surface area contributed by atoms with Crippen molar-refractivity contribution in [2.24, 2.45) is 0 Å². The number of fused-ring (bicyclic) bond motifs is 1. The van der Waals surface area contributed by atoms with Crippen molar-refractivity contribution in [3.8, 4) is 101 Å². The molecule has 0 saturated carbocycles. The Labute approximate surface area is 407 Å². The average molecular weight is 897 g/mol. The Bertz CT molecular complexity index is 3700. The smallest absolute Gasteiger partial charge is 0.161 e. The topological polar surface area (TPSA) is 77.3 Å². The molecule has 6 heteroatoms. The Balaban J connectivity index is 0.910. The molecule has 7 aromatic carbocycles. The van der Waals surface area contributed by atoms with Gasteiger partial charge in [-0.25, -0.2) is 19.9 Å². The highest BCUT2D eigenvalue weighted by atomic mass is 14.9. The van der Waals surface area contributed by atoms with Gasteiger partial charge in [-0.05, 0) is 105 Å². The van der Waals surface area contributed by atoms with Crippen LogP contribution in [0.3, 0.4) is 0 Å². The Morgan fingerprint density at radius 3 is 1.03 bits per heavy atom. The quantitative estimate of drug-likeness (QED) is 0.136. The highest BCUT2D eigenvalue weighted by Gasteiger charge is 2.18. The molecular formula is C64H44N6. The first kappa shape index (κ1) is 42.1. The minimum Gasteiger partial charge on any atom is -0.265 e. The molecule has 4 aromatic heterocycles. The summed E-state index contributed by atoms with van der Waals surface area (Å²) in [6.07, 6.45) is 16.2. The van der Waals surface area contributed by atoms with E-state index in [0.29, 0.717) is 11.6 Å². The van der Waals surface area contributed by atoms with Crippen molar-refractivity contribution in [3.05, 3.63) is 249 Å². The van der Waals surface area contributed by atoms with Crippen LogP contribution in [0, 0.1) is 0 Å². The van der Waals surface area contributed by atoms with Crippen LogP contribution >= 0.6 is 0 Å². The number of benzene rings is 7. The molecule has 0 unspecified atom stereocenters. The third-order valence-electron chi connectivity index (χ3n) is 13.0. The fraction of sp³-hybridized carbons (Fsp3) is 0.0312. The maximum absolute atomic E-state index is 5.30. The zero-order valence-corrected chi connectivity index (χ0v) is 38.2. The molecule has 0 atom stereocenters. The van der Waals surface area contributed by atoms with Gasteiger partial charge in [0.25, 0.3) is 0 Å². The normalized spacial score (nSPS) is 12.2. The van der Waals surface area contributed by atoms with Crippen LogP contribution < -0.4 is 0 Å². The number of aromatic nitrogens is 6. The minimum absolute atomic E-state index is 0.623. The average Bonchev–Trinajstić information content (AvgIpc) is 3.45. The molecule has 0 spiro atoms. The van der Waals surface area contributed by atoms with Crippen LogP contribution in [-0.4, -0.2) is 29.9 Å². The first-order chi connectivity index (χ1) is 34.7. The summed E-state index contributed by atoms with van der Waals surface area (Å²) in [5.74, 6) is 1.25. The summed E-state index contributed by atoms with van der Waals surface area (Å²) >= 11 is 0. The van der Waals surface area contributed by atoms with Crippen LogP contribution in [0.5, 0.6) is 0 Å². The number of pyridine rings is 2. The summed E-state index contributed by atoms with van der Waals surface area (Å²) in [6.45, 7) is 0. The first-order valence-corrected chi connectivity index (χ1v) is 23.6. The summed E-state index contributed by atoms with van der Waals surface area (Å²) in [5.41, 5.74) is 18.6. The van der Waals surface area contributed by atoms with Crippen molar-refractivity contribution < 1.29 is 0 Å². The third kappa shape index (κ3) is 8.62. The van der Waals surface area contributed by atoms with Crippen LogP contribution in [0.2, 0.25) is 0 Å². The van der Waals surface area contributed by atoms with Gasteiger partial charge >= 0.3 is 0 Å². The fourth-order valence-electron chi connectivity index (χ4n) is 9.31. The van der Waals surface area contributed by atoms with E-state index in [1.807, 2.05) is 30.3 Å². The van der Waals surface area contributed by atoms with E-state index in [4.69, 9.17) is 19.9 Å². The van der Waals surface area contributed by atoms with Crippen molar-refractivity contribution in [1.82, 2.24) is 29.9 Å². The summed E-state index contributed by atoms with van der Waals surface area (Å²) in [5, 5.41) is 2.00. The van der Waals surface area contributed by atoms with Crippen LogP contribution in [0.1, 0.15) is 18.4 Å². The van der Waals surface area contributed by atoms with Crippen LogP contribution in [0.15, 0.2) is 243 Å². The largest absolute Gasteiger partial charge is 0.265 e.